The van der Waals surface area contributed by atoms with Crippen molar-refractivity contribution in [1.29, 1.82) is 0 Å². The number of hydrogen-bond acceptors (Lipinski definition) is 3. The van der Waals surface area contributed by atoms with Crippen LogP contribution in [0.4, 0.5) is 10.2 Å². The van der Waals surface area contributed by atoms with Crippen LogP contribution in [0.25, 0.3) is 0 Å². The summed E-state index contributed by atoms with van der Waals surface area (Å²) in [6.45, 7) is 4.26. The van der Waals surface area contributed by atoms with Gasteiger partial charge in [0.15, 0.2) is 5.82 Å². The first-order valence-electron chi connectivity index (χ1n) is 8.31. The van der Waals surface area contributed by atoms with Crippen LogP contribution < -0.4 is 5.32 Å². The van der Waals surface area contributed by atoms with E-state index in [0.29, 0.717) is 17.1 Å². The molecular weight excluding hydrogens is 392 g/mol. The van der Waals surface area contributed by atoms with Gasteiger partial charge in [-0.05, 0) is 19.9 Å². The molecule has 1 N–H and O–H groups in total. The van der Waals surface area contributed by atoms with E-state index in [1.807, 2.05) is 13.8 Å². The summed E-state index contributed by atoms with van der Waals surface area (Å²) in [6, 6.07) is 6.42. The third-order valence-electron chi connectivity index (χ3n) is 4.11. The second kappa shape index (κ2) is 8.10. The van der Waals surface area contributed by atoms with Crippen molar-refractivity contribution in [2.24, 2.45) is 0 Å². The van der Waals surface area contributed by atoms with Crippen LogP contribution >= 0.6 is 23.2 Å². The van der Waals surface area contributed by atoms with Crippen LogP contribution in [-0.4, -0.2) is 25.5 Å². The van der Waals surface area contributed by atoms with Gasteiger partial charge in [0.25, 0.3) is 0 Å². The lowest BCUT2D eigenvalue weighted by Crippen LogP contribution is -2.16. The maximum Gasteiger partial charge on any atom is 0.227 e. The molecule has 1 amide bonds. The Balaban J connectivity index is 1.62. The van der Waals surface area contributed by atoms with Crippen molar-refractivity contribution >= 4 is 34.9 Å². The Labute approximate surface area is 165 Å². The van der Waals surface area contributed by atoms with Gasteiger partial charge in [-0.3, -0.25) is 14.2 Å². The van der Waals surface area contributed by atoms with Crippen LogP contribution in [0.3, 0.4) is 0 Å². The van der Waals surface area contributed by atoms with Gasteiger partial charge in [0, 0.05) is 18.2 Å². The van der Waals surface area contributed by atoms with Gasteiger partial charge in [-0.1, -0.05) is 41.4 Å². The zero-order valence-electron chi connectivity index (χ0n) is 14.8. The zero-order valence-corrected chi connectivity index (χ0v) is 16.4. The summed E-state index contributed by atoms with van der Waals surface area (Å²) in [7, 11) is 0. The van der Waals surface area contributed by atoms with E-state index in [1.54, 1.807) is 29.1 Å². The largest absolute Gasteiger partial charge is 0.308 e. The number of aromatic nitrogens is 4. The van der Waals surface area contributed by atoms with E-state index < -0.39 is 0 Å². The average Bonchev–Trinajstić information content (AvgIpc) is 3.09. The van der Waals surface area contributed by atoms with Crippen LogP contribution in [0.15, 0.2) is 30.5 Å². The minimum absolute atomic E-state index is 0.189. The van der Waals surface area contributed by atoms with Gasteiger partial charge in [0.1, 0.15) is 10.8 Å². The topological polar surface area (TPSA) is 64.7 Å². The Hall–Kier alpha value is -2.38. The molecule has 0 saturated heterocycles. The minimum atomic E-state index is -0.321. The quantitative estimate of drug-likeness (QED) is 0.662. The number of anilines is 1. The molecule has 0 aliphatic heterocycles. The van der Waals surface area contributed by atoms with Crippen molar-refractivity contribution < 1.29 is 9.18 Å². The third kappa shape index (κ3) is 4.48. The maximum atomic E-state index is 13.8. The molecule has 0 aliphatic rings. The summed E-state index contributed by atoms with van der Waals surface area (Å²) in [5.41, 5.74) is 2.02. The predicted molar refractivity (Wildman–Crippen MR) is 103 cm³/mol. The highest BCUT2D eigenvalue weighted by Crippen LogP contribution is 2.22. The monoisotopic (exact) mass is 409 g/mol. The Morgan fingerprint density at radius 3 is 2.63 bits per heavy atom. The number of carbonyl (C=O) groups is 1. The normalized spacial score (nSPS) is 11.0. The van der Waals surface area contributed by atoms with Crippen LogP contribution in [0.5, 0.6) is 0 Å². The van der Waals surface area contributed by atoms with Gasteiger partial charge in [-0.15, -0.1) is 0 Å². The summed E-state index contributed by atoms with van der Waals surface area (Å²) < 4.78 is 16.9. The van der Waals surface area contributed by atoms with Crippen LogP contribution in [0.2, 0.25) is 10.0 Å². The standard InChI is InChI=1S/C18H18Cl2FN5O/c1-11-17(20)12(2)26(23-11)8-7-16(27)22-18-14(19)10-25(24-18)9-13-5-3-4-6-15(13)21/h3-6,10H,7-9H2,1-2H3,(H,22,24,27). The van der Waals surface area contributed by atoms with Crippen molar-refractivity contribution in [3.63, 3.8) is 0 Å². The van der Waals surface area contributed by atoms with Gasteiger partial charge in [-0.25, -0.2) is 4.39 Å². The molecule has 2 heterocycles. The zero-order chi connectivity index (χ0) is 19.6. The molecule has 0 fully saturated rings. The Bertz CT molecular complexity index is 982. The van der Waals surface area contributed by atoms with E-state index in [4.69, 9.17) is 23.2 Å². The summed E-state index contributed by atoms with van der Waals surface area (Å²) in [6.07, 6.45) is 1.74. The summed E-state index contributed by atoms with van der Waals surface area (Å²) in [5, 5.41) is 12.1. The van der Waals surface area contributed by atoms with Gasteiger partial charge in [0.05, 0.1) is 29.5 Å². The van der Waals surface area contributed by atoms with E-state index in [2.05, 4.69) is 15.5 Å². The first kappa shape index (κ1) is 19.4. The van der Waals surface area contributed by atoms with Gasteiger partial charge in [0.2, 0.25) is 5.91 Å². The lowest BCUT2D eigenvalue weighted by Gasteiger charge is -2.05. The van der Waals surface area contributed by atoms with Crippen molar-refractivity contribution in [1.82, 2.24) is 19.6 Å². The third-order valence-corrected chi connectivity index (χ3v) is 4.93. The molecule has 3 aromatic rings. The molecule has 0 radical (unpaired) electrons. The minimum Gasteiger partial charge on any atom is -0.308 e. The molecule has 0 unspecified atom stereocenters. The predicted octanol–water partition coefficient (Wildman–Crippen LogP) is 4.22. The molecule has 0 atom stereocenters. The smallest absolute Gasteiger partial charge is 0.227 e. The number of carbonyl (C=O) groups excluding carboxylic acids is 1. The highest BCUT2D eigenvalue weighted by Gasteiger charge is 2.14. The summed E-state index contributed by atoms with van der Waals surface area (Å²) in [5.74, 6) is -0.334. The first-order chi connectivity index (χ1) is 12.8. The number of amides is 1. The summed E-state index contributed by atoms with van der Waals surface area (Å²) in [4.78, 5) is 12.2. The molecule has 0 spiro atoms. The first-order valence-corrected chi connectivity index (χ1v) is 9.06. The van der Waals surface area contributed by atoms with Gasteiger partial charge >= 0.3 is 0 Å². The number of nitrogens with zero attached hydrogens (tertiary/aromatic N) is 4. The highest BCUT2D eigenvalue weighted by molar-refractivity contribution is 6.33. The molecular formula is C18H18Cl2FN5O. The fourth-order valence-electron chi connectivity index (χ4n) is 2.66. The highest BCUT2D eigenvalue weighted by atomic mass is 35.5. The molecule has 0 bridgehead atoms. The Kier molecular flexibility index (Phi) is 5.82. The molecule has 142 valence electrons. The number of halogens is 3. The molecule has 6 nitrogen and oxygen atoms in total. The lowest BCUT2D eigenvalue weighted by atomic mass is 10.2. The molecule has 0 aliphatic carbocycles. The van der Waals surface area contributed by atoms with Crippen molar-refractivity contribution in [2.75, 3.05) is 5.32 Å². The molecule has 0 saturated carbocycles. The SMILES string of the molecule is Cc1nn(CCC(=O)Nc2nn(Cc3ccccc3F)cc2Cl)c(C)c1Cl. The second-order valence-corrected chi connectivity index (χ2v) is 6.91. The van der Waals surface area contributed by atoms with Crippen LogP contribution in [0.1, 0.15) is 23.4 Å². The number of aryl methyl sites for hydroxylation is 2. The molecule has 27 heavy (non-hydrogen) atoms. The van der Waals surface area contributed by atoms with Gasteiger partial charge in [-0.2, -0.15) is 10.2 Å². The molecule has 2 aromatic heterocycles. The fourth-order valence-corrected chi connectivity index (χ4v) is 2.99. The van der Waals surface area contributed by atoms with E-state index in [1.165, 1.54) is 10.7 Å². The number of nitrogens with one attached hydrogen (secondary N) is 1. The molecule has 9 heteroatoms. The average molecular weight is 410 g/mol. The van der Waals surface area contributed by atoms with Crippen LogP contribution in [0, 0.1) is 19.7 Å². The second-order valence-electron chi connectivity index (χ2n) is 6.12. The number of hydrogen-bond donors (Lipinski definition) is 1. The summed E-state index contributed by atoms with van der Waals surface area (Å²) >= 11 is 12.2. The fraction of sp³-hybridized carbons (Fsp3) is 0.278. The van der Waals surface area contributed by atoms with Crippen LogP contribution in [-0.2, 0) is 17.9 Å². The lowest BCUT2D eigenvalue weighted by molar-refractivity contribution is -0.116. The van der Waals surface area contributed by atoms with Crippen molar-refractivity contribution in [3.05, 3.63) is 63.3 Å². The van der Waals surface area contributed by atoms with E-state index in [9.17, 15) is 9.18 Å². The number of rotatable bonds is 6. The van der Waals surface area contributed by atoms with E-state index >= 15 is 0 Å². The Morgan fingerprint density at radius 1 is 1.22 bits per heavy atom. The van der Waals surface area contributed by atoms with E-state index in [0.717, 1.165) is 11.4 Å². The molecule has 3 rings (SSSR count). The van der Waals surface area contributed by atoms with Crippen molar-refractivity contribution in [2.45, 2.75) is 33.4 Å². The van der Waals surface area contributed by atoms with E-state index in [-0.39, 0.29) is 35.5 Å². The Morgan fingerprint density at radius 2 is 1.96 bits per heavy atom. The van der Waals surface area contributed by atoms with Gasteiger partial charge < -0.3 is 5.32 Å². The number of benzene rings is 1. The van der Waals surface area contributed by atoms with Crippen molar-refractivity contribution in [3.8, 4) is 0 Å². The maximum absolute atomic E-state index is 13.8. The molecule has 1 aromatic carbocycles.